The predicted molar refractivity (Wildman–Crippen MR) is 56.2 cm³/mol. The van der Waals surface area contributed by atoms with Crippen LogP contribution in [0.3, 0.4) is 0 Å². The normalized spacial score (nSPS) is 10.3. The van der Waals surface area contributed by atoms with Gasteiger partial charge in [-0.2, -0.15) is 0 Å². The van der Waals surface area contributed by atoms with E-state index >= 15 is 0 Å². The molecule has 0 aromatic carbocycles. The lowest BCUT2D eigenvalue weighted by molar-refractivity contribution is 0.286. The fourth-order valence-electron chi connectivity index (χ4n) is 1.22. The zero-order valence-corrected chi connectivity index (χ0v) is 8.83. The lowest BCUT2D eigenvalue weighted by atomic mass is 10.3. The SMILES string of the molecule is CCc1ncnc(NCCCCO)c1F. The summed E-state index contributed by atoms with van der Waals surface area (Å²) < 4.78 is 13.5. The molecule has 0 saturated heterocycles. The first-order valence-corrected chi connectivity index (χ1v) is 5.13. The molecule has 0 bridgehead atoms. The number of nitrogens with zero attached hydrogens (tertiary/aromatic N) is 2. The van der Waals surface area contributed by atoms with E-state index in [1.807, 2.05) is 6.92 Å². The third-order valence-corrected chi connectivity index (χ3v) is 2.07. The number of rotatable bonds is 6. The fraction of sp³-hybridized carbons (Fsp3) is 0.600. The van der Waals surface area contributed by atoms with E-state index in [-0.39, 0.29) is 18.2 Å². The Morgan fingerprint density at radius 3 is 2.87 bits per heavy atom. The van der Waals surface area contributed by atoms with Gasteiger partial charge in [-0.05, 0) is 19.3 Å². The van der Waals surface area contributed by atoms with Crippen molar-refractivity contribution in [3.63, 3.8) is 0 Å². The van der Waals surface area contributed by atoms with Crippen molar-refractivity contribution in [3.8, 4) is 0 Å². The minimum atomic E-state index is -0.371. The number of aryl methyl sites for hydroxylation is 1. The second kappa shape index (κ2) is 6.29. The van der Waals surface area contributed by atoms with Crippen LogP contribution in [0.4, 0.5) is 10.2 Å². The molecule has 0 saturated carbocycles. The summed E-state index contributed by atoms with van der Waals surface area (Å²) in [5.74, 6) is -0.121. The first-order valence-electron chi connectivity index (χ1n) is 5.13. The van der Waals surface area contributed by atoms with Crippen molar-refractivity contribution in [2.24, 2.45) is 0 Å². The Labute approximate surface area is 88.6 Å². The number of aromatic nitrogens is 2. The molecule has 1 rings (SSSR count). The van der Waals surface area contributed by atoms with Gasteiger partial charge in [0.25, 0.3) is 0 Å². The summed E-state index contributed by atoms with van der Waals surface area (Å²) in [6.45, 7) is 2.62. The molecule has 0 amide bonds. The molecule has 5 heteroatoms. The second-order valence-corrected chi connectivity index (χ2v) is 3.19. The molecular weight excluding hydrogens is 197 g/mol. The first-order chi connectivity index (χ1) is 7.29. The maximum absolute atomic E-state index is 13.5. The summed E-state index contributed by atoms with van der Waals surface area (Å²) in [6.07, 6.45) is 3.41. The Bertz CT molecular complexity index is 307. The van der Waals surface area contributed by atoms with Gasteiger partial charge in [-0.15, -0.1) is 0 Å². The van der Waals surface area contributed by atoms with Crippen LogP contribution in [0.1, 0.15) is 25.5 Å². The quantitative estimate of drug-likeness (QED) is 0.700. The van der Waals surface area contributed by atoms with Crippen LogP contribution in [0.25, 0.3) is 0 Å². The van der Waals surface area contributed by atoms with Gasteiger partial charge in [-0.1, -0.05) is 6.92 Å². The lowest BCUT2D eigenvalue weighted by Gasteiger charge is -2.07. The van der Waals surface area contributed by atoms with Crippen LogP contribution in [0, 0.1) is 5.82 Å². The van der Waals surface area contributed by atoms with E-state index in [4.69, 9.17) is 5.11 Å². The van der Waals surface area contributed by atoms with Crippen molar-refractivity contribution < 1.29 is 9.50 Å². The number of halogens is 1. The van der Waals surface area contributed by atoms with Gasteiger partial charge in [-0.25, -0.2) is 14.4 Å². The van der Waals surface area contributed by atoms with Gasteiger partial charge in [0.05, 0.1) is 5.69 Å². The van der Waals surface area contributed by atoms with Gasteiger partial charge in [0.1, 0.15) is 6.33 Å². The molecule has 0 aliphatic carbocycles. The summed E-state index contributed by atoms with van der Waals surface area (Å²) in [5, 5.41) is 11.5. The highest BCUT2D eigenvalue weighted by atomic mass is 19.1. The second-order valence-electron chi connectivity index (χ2n) is 3.19. The molecule has 1 aromatic rings. The molecule has 0 atom stereocenters. The van der Waals surface area contributed by atoms with Gasteiger partial charge in [0, 0.05) is 13.2 Å². The van der Waals surface area contributed by atoms with Gasteiger partial charge in [0.2, 0.25) is 0 Å². The molecule has 0 aliphatic rings. The number of nitrogens with one attached hydrogen (secondary N) is 1. The van der Waals surface area contributed by atoms with E-state index in [0.29, 0.717) is 25.1 Å². The summed E-state index contributed by atoms with van der Waals surface area (Å²) >= 11 is 0. The van der Waals surface area contributed by atoms with Crippen LogP contribution in [0.5, 0.6) is 0 Å². The fourth-order valence-corrected chi connectivity index (χ4v) is 1.22. The van der Waals surface area contributed by atoms with E-state index in [2.05, 4.69) is 15.3 Å². The number of hydrogen-bond acceptors (Lipinski definition) is 4. The molecule has 1 aromatic heterocycles. The summed E-state index contributed by atoms with van der Waals surface area (Å²) in [5.41, 5.74) is 0.426. The van der Waals surface area contributed by atoms with Crippen molar-refractivity contribution in [2.75, 3.05) is 18.5 Å². The van der Waals surface area contributed by atoms with Gasteiger partial charge < -0.3 is 10.4 Å². The van der Waals surface area contributed by atoms with E-state index < -0.39 is 0 Å². The van der Waals surface area contributed by atoms with E-state index in [1.165, 1.54) is 6.33 Å². The Morgan fingerprint density at radius 1 is 1.40 bits per heavy atom. The summed E-state index contributed by atoms with van der Waals surface area (Å²) in [4.78, 5) is 7.66. The van der Waals surface area contributed by atoms with Crippen LogP contribution >= 0.6 is 0 Å². The van der Waals surface area contributed by atoms with Gasteiger partial charge in [-0.3, -0.25) is 0 Å². The minimum absolute atomic E-state index is 0.161. The number of aliphatic hydroxyl groups excluding tert-OH is 1. The Kier molecular flexibility index (Phi) is 4.97. The van der Waals surface area contributed by atoms with Crippen LogP contribution in [0.2, 0.25) is 0 Å². The van der Waals surface area contributed by atoms with Crippen molar-refractivity contribution in [3.05, 3.63) is 17.8 Å². The Morgan fingerprint density at radius 2 is 2.20 bits per heavy atom. The number of hydrogen-bond donors (Lipinski definition) is 2. The Balaban J connectivity index is 2.53. The molecule has 0 fully saturated rings. The van der Waals surface area contributed by atoms with Crippen LogP contribution in [-0.2, 0) is 6.42 Å². The summed E-state index contributed by atoms with van der Waals surface area (Å²) in [6, 6.07) is 0. The predicted octanol–water partition coefficient (Wildman–Crippen LogP) is 1.36. The topological polar surface area (TPSA) is 58.0 Å². The molecule has 0 unspecified atom stereocenters. The van der Waals surface area contributed by atoms with Crippen molar-refractivity contribution in [1.29, 1.82) is 0 Å². The minimum Gasteiger partial charge on any atom is -0.396 e. The number of aliphatic hydroxyl groups is 1. The molecule has 1 heterocycles. The largest absolute Gasteiger partial charge is 0.396 e. The maximum atomic E-state index is 13.5. The third-order valence-electron chi connectivity index (χ3n) is 2.07. The maximum Gasteiger partial charge on any atom is 0.186 e. The van der Waals surface area contributed by atoms with Crippen LogP contribution in [0.15, 0.2) is 6.33 Å². The first kappa shape index (κ1) is 11.8. The molecule has 4 nitrogen and oxygen atoms in total. The monoisotopic (exact) mass is 213 g/mol. The highest BCUT2D eigenvalue weighted by Crippen LogP contribution is 2.12. The van der Waals surface area contributed by atoms with Crippen LogP contribution in [-0.4, -0.2) is 28.2 Å². The smallest absolute Gasteiger partial charge is 0.186 e. The highest BCUT2D eigenvalue weighted by Gasteiger charge is 2.08. The Hall–Kier alpha value is -1.23. The van der Waals surface area contributed by atoms with Gasteiger partial charge >= 0.3 is 0 Å². The van der Waals surface area contributed by atoms with Crippen molar-refractivity contribution in [2.45, 2.75) is 26.2 Å². The lowest BCUT2D eigenvalue weighted by Crippen LogP contribution is -2.08. The molecule has 0 aliphatic heterocycles. The van der Waals surface area contributed by atoms with E-state index in [1.54, 1.807) is 0 Å². The number of anilines is 1. The molecule has 0 radical (unpaired) electrons. The molecular formula is C10H16FN3O. The number of unbranched alkanes of at least 4 members (excludes halogenated alkanes) is 1. The molecule has 84 valence electrons. The standard InChI is InChI=1S/C10H16FN3O/c1-2-8-9(11)10(14-7-13-8)12-5-3-4-6-15/h7,15H,2-6H2,1H3,(H,12,13,14). The van der Waals surface area contributed by atoms with Crippen molar-refractivity contribution >= 4 is 5.82 Å². The molecule has 0 spiro atoms. The zero-order valence-electron chi connectivity index (χ0n) is 8.83. The van der Waals surface area contributed by atoms with E-state index in [9.17, 15) is 4.39 Å². The average molecular weight is 213 g/mol. The summed E-state index contributed by atoms with van der Waals surface area (Å²) in [7, 11) is 0. The molecule has 2 N–H and O–H groups in total. The van der Waals surface area contributed by atoms with Crippen molar-refractivity contribution in [1.82, 2.24) is 9.97 Å². The van der Waals surface area contributed by atoms with Gasteiger partial charge in [0.15, 0.2) is 11.6 Å². The molecule has 15 heavy (non-hydrogen) atoms. The van der Waals surface area contributed by atoms with Crippen LogP contribution < -0.4 is 5.32 Å². The third kappa shape index (κ3) is 3.43. The highest BCUT2D eigenvalue weighted by molar-refractivity contribution is 5.36. The zero-order chi connectivity index (χ0) is 11.1. The van der Waals surface area contributed by atoms with E-state index in [0.717, 1.165) is 6.42 Å². The average Bonchev–Trinajstić information content (AvgIpc) is 2.26.